The smallest absolute Gasteiger partial charge is 0.239 e. The van der Waals surface area contributed by atoms with Gasteiger partial charge in [0.05, 0.1) is 12.3 Å². The lowest BCUT2D eigenvalue weighted by atomic mass is 10.3. The molecular weight excluding hydrogens is 221 g/mol. The molecule has 0 heterocycles. The molecule has 0 aliphatic carbocycles. The van der Waals surface area contributed by atoms with Crippen molar-refractivity contribution < 1.29 is 13.9 Å². The Hall–Kier alpha value is -1.29. The zero-order chi connectivity index (χ0) is 11.3. The van der Waals surface area contributed by atoms with E-state index in [0.29, 0.717) is 12.4 Å². The van der Waals surface area contributed by atoms with Gasteiger partial charge in [-0.3, -0.25) is 4.79 Å². The van der Waals surface area contributed by atoms with Crippen LogP contribution in [0.15, 0.2) is 18.2 Å². The maximum Gasteiger partial charge on any atom is 0.239 e. The van der Waals surface area contributed by atoms with Crippen LogP contribution in [0.1, 0.15) is 6.92 Å². The summed E-state index contributed by atoms with van der Waals surface area (Å²) in [5.41, 5.74) is 0.101. The second-order valence-corrected chi connectivity index (χ2v) is 3.02. The molecule has 0 aromatic heterocycles. The number of rotatable bonds is 4. The summed E-state index contributed by atoms with van der Waals surface area (Å²) < 4.78 is 18.4. The van der Waals surface area contributed by atoms with Gasteiger partial charge in [0.1, 0.15) is 17.4 Å². The standard InChI is InChI=1S/C10H11ClFNO2/c1-2-15-7-3-4-9(8(12)5-7)13-10(14)6-11/h3-5H,2,6H2,1H3,(H,13,14). The third-order valence-corrected chi connectivity index (χ3v) is 1.89. The topological polar surface area (TPSA) is 38.3 Å². The molecule has 0 radical (unpaired) electrons. The zero-order valence-electron chi connectivity index (χ0n) is 8.22. The summed E-state index contributed by atoms with van der Waals surface area (Å²) in [4.78, 5) is 10.9. The number of hydrogen-bond donors (Lipinski definition) is 1. The van der Waals surface area contributed by atoms with E-state index < -0.39 is 11.7 Å². The van der Waals surface area contributed by atoms with Crippen molar-refractivity contribution >= 4 is 23.2 Å². The number of alkyl halides is 1. The summed E-state index contributed by atoms with van der Waals surface area (Å²) in [6, 6.07) is 4.23. The molecule has 0 bridgehead atoms. The second kappa shape index (κ2) is 5.56. The third-order valence-electron chi connectivity index (χ3n) is 1.65. The van der Waals surface area contributed by atoms with Crippen LogP contribution in [0.5, 0.6) is 5.75 Å². The first-order valence-electron chi connectivity index (χ1n) is 4.45. The molecule has 0 saturated heterocycles. The number of ether oxygens (including phenoxy) is 1. The molecular formula is C10H11ClFNO2. The van der Waals surface area contributed by atoms with Gasteiger partial charge in [-0.2, -0.15) is 0 Å². The Balaban J connectivity index is 2.78. The molecule has 0 atom stereocenters. The minimum absolute atomic E-state index is 0.101. The summed E-state index contributed by atoms with van der Waals surface area (Å²) >= 11 is 5.28. The van der Waals surface area contributed by atoms with Crippen LogP contribution in [0.25, 0.3) is 0 Å². The average molecular weight is 232 g/mol. The van der Waals surface area contributed by atoms with E-state index in [-0.39, 0.29) is 11.6 Å². The number of carbonyl (C=O) groups is 1. The number of anilines is 1. The van der Waals surface area contributed by atoms with E-state index in [1.54, 1.807) is 13.0 Å². The molecule has 1 rings (SSSR count). The molecule has 1 amide bonds. The fourth-order valence-corrected chi connectivity index (χ4v) is 1.10. The first kappa shape index (κ1) is 11.8. The van der Waals surface area contributed by atoms with Gasteiger partial charge in [0.2, 0.25) is 5.91 Å². The van der Waals surface area contributed by atoms with Crippen molar-refractivity contribution in [2.75, 3.05) is 17.8 Å². The van der Waals surface area contributed by atoms with Crippen LogP contribution in [0.2, 0.25) is 0 Å². The van der Waals surface area contributed by atoms with Crippen LogP contribution >= 0.6 is 11.6 Å². The first-order valence-corrected chi connectivity index (χ1v) is 4.99. The highest BCUT2D eigenvalue weighted by molar-refractivity contribution is 6.29. The Morgan fingerprint density at radius 3 is 2.87 bits per heavy atom. The van der Waals surface area contributed by atoms with E-state index in [4.69, 9.17) is 16.3 Å². The van der Waals surface area contributed by atoms with Crippen molar-refractivity contribution in [1.29, 1.82) is 0 Å². The normalized spacial score (nSPS) is 9.80. The fraction of sp³-hybridized carbons (Fsp3) is 0.300. The molecule has 0 aliphatic heterocycles. The average Bonchev–Trinajstić information content (AvgIpc) is 2.22. The monoisotopic (exact) mass is 231 g/mol. The van der Waals surface area contributed by atoms with Crippen LogP contribution < -0.4 is 10.1 Å². The van der Waals surface area contributed by atoms with Gasteiger partial charge in [-0.1, -0.05) is 0 Å². The number of amides is 1. The second-order valence-electron chi connectivity index (χ2n) is 2.76. The molecule has 0 saturated carbocycles. The van der Waals surface area contributed by atoms with Gasteiger partial charge < -0.3 is 10.1 Å². The van der Waals surface area contributed by atoms with Gasteiger partial charge in [-0.25, -0.2) is 4.39 Å². The van der Waals surface area contributed by atoms with E-state index in [1.165, 1.54) is 12.1 Å². The maximum absolute atomic E-state index is 13.3. The summed E-state index contributed by atoms with van der Waals surface area (Å²) in [7, 11) is 0. The van der Waals surface area contributed by atoms with E-state index in [9.17, 15) is 9.18 Å². The summed E-state index contributed by atoms with van der Waals surface area (Å²) in [6.45, 7) is 2.27. The van der Waals surface area contributed by atoms with Gasteiger partial charge >= 0.3 is 0 Å². The molecule has 15 heavy (non-hydrogen) atoms. The lowest BCUT2D eigenvalue weighted by Gasteiger charge is -2.07. The zero-order valence-corrected chi connectivity index (χ0v) is 8.97. The van der Waals surface area contributed by atoms with E-state index in [1.807, 2.05) is 0 Å². The largest absolute Gasteiger partial charge is 0.494 e. The van der Waals surface area contributed by atoms with Gasteiger partial charge in [-0.05, 0) is 19.1 Å². The molecule has 0 aliphatic rings. The van der Waals surface area contributed by atoms with Crippen molar-refractivity contribution in [1.82, 2.24) is 0 Å². The number of hydrogen-bond acceptors (Lipinski definition) is 2. The predicted octanol–water partition coefficient (Wildman–Crippen LogP) is 2.40. The van der Waals surface area contributed by atoms with Crippen LogP contribution in [-0.2, 0) is 4.79 Å². The van der Waals surface area contributed by atoms with Gasteiger partial charge in [0, 0.05) is 6.07 Å². The number of halogens is 2. The SMILES string of the molecule is CCOc1ccc(NC(=O)CCl)c(F)c1. The molecule has 1 aromatic carbocycles. The molecule has 0 fully saturated rings. The molecule has 0 unspecified atom stereocenters. The minimum Gasteiger partial charge on any atom is -0.494 e. The predicted molar refractivity (Wildman–Crippen MR) is 56.9 cm³/mol. The molecule has 1 aromatic rings. The first-order chi connectivity index (χ1) is 7.17. The number of benzene rings is 1. The quantitative estimate of drug-likeness (QED) is 0.809. The molecule has 1 N–H and O–H groups in total. The van der Waals surface area contributed by atoms with E-state index >= 15 is 0 Å². The Kier molecular flexibility index (Phi) is 4.37. The lowest BCUT2D eigenvalue weighted by molar-refractivity contribution is -0.113. The Morgan fingerprint density at radius 2 is 2.33 bits per heavy atom. The molecule has 0 spiro atoms. The van der Waals surface area contributed by atoms with Crippen molar-refractivity contribution in [3.05, 3.63) is 24.0 Å². The molecule has 5 heteroatoms. The highest BCUT2D eigenvalue weighted by Gasteiger charge is 2.06. The van der Waals surface area contributed by atoms with Crippen molar-refractivity contribution in [3.8, 4) is 5.75 Å². The van der Waals surface area contributed by atoms with Crippen LogP contribution in [0.4, 0.5) is 10.1 Å². The Labute approximate surface area is 92.2 Å². The van der Waals surface area contributed by atoms with Crippen LogP contribution in [0, 0.1) is 5.82 Å². The summed E-state index contributed by atoms with van der Waals surface area (Å²) in [6.07, 6.45) is 0. The lowest BCUT2D eigenvalue weighted by Crippen LogP contribution is -2.13. The number of nitrogens with one attached hydrogen (secondary N) is 1. The highest BCUT2D eigenvalue weighted by Crippen LogP contribution is 2.20. The Morgan fingerprint density at radius 1 is 1.60 bits per heavy atom. The van der Waals surface area contributed by atoms with Gasteiger partial charge in [0.25, 0.3) is 0 Å². The summed E-state index contributed by atoms with van der Waals surface area (Å²) in [5, 5.41) is 2.33. The van der Waals surface area contributed by atoms with Crippen molar-refractivity contribution in [3.63, 3.8) is 0 Å². The van der Waals surface area contributed by atoms with E-state index in [2.05, 4.69) is 5.32 Å². The highest BCUT2D eigenvalue weighted by atomic mass is 35.5. The maximum atomic E-state index is 13.3. The van der Waals surface area contributed by atoms with Crippen LogP contribution in [0.3, 0.4) is 0 Å². The van der Waals surface area contributed by atoms with Gasteiger partial charge in [0.15, 0.2) is 0 Å². The Bertz CT molecular complexity index is 357. The molecule has 3 nitrogen and oxygen atoms in total. The van der Waals surface area contributed by atoms with Crippen LogP contribution in [-0.4, -0.2) is 18.4 Å². The summed E-state index contributed by atoms with van der Waals surface area (Å²) in [5.74, 6) is -0.759. The fourth-order valence-electron chi connectivity index (χ4n) is 1.04. The molecule has 82 valence electrons. The van der Waals surface area contributed by atoms with Gasteiger partial charge in [-0.15, -0.1) is 11.6 Å². The third kappa shape index (κ3) is 3.40. The van der Waals surface area contributed by atoms with Crippen molar-refractivity contribution in [2.45, 2.75) is 6.92 Å². The van der Waals surface area contributed by atoms with E-state index in [0.717, 1.165) is 0 Å². The number of carbonyl (C=O) groups excluding carboxylic acids is 1. The minimum atomic E-state index is -0.542. The van der Waals surface area contributed by atoms with Crippen molar-refractivity contribution in [2.24, 2.45) is 0 Å².